The van der Waals surface area contributed by atoms with Crippen LogP contribution in [-0.4, -0.2) is 41.0 Å². The lowest BCUT2D eigenvalue weighted by Crippen LogP contribution is -2.11. The molecule has 1 aromatic carbocycles. The smallest absolute Gasteiger partial charge is 0.147 e. The number of aromatic nitrogens is 4. The molecule has 0 aliphatic heterocycles. The van der Waals surface area contributed by atoms with Crippen LogP contribution in [0.4, 0.5) is 5.82 Å². The van der Waals surface area contributed by atoms with E-state index in [4.69, 9.17) is 4.74 Å². The molecule has 0 atom stereocenters. The third-order valence-corrected chi connectivity index (χ3v) is 3.51. The average Bonchev–Trinajstić information content (AvgIpc) is 3.04. The van der Waals surface area contributed by atoms with Crippen molar-refractivity contribution in [1.82, 2.24) is 19.7 Å². The van der Waals surface area contributed by atoms with Gasteiger partial charge in [0.2, 0.25) is 0 Å². The zero-order valence-corrected chi connectivity index (χ0v) is 13.5. The zero-order valence-electron chi connectivity index (χ0n) is 13.5. The van der Waals surface area contributed by atoms with Crippen LogP contribution in [0, 0.1) is 0 Å². The first-order chi connectivity index (χ1) is 11.2. The SMILES string of the molecule is COc1ccc(Cn2cc(-c3cncc(N(C)C)n3)cn2)cc1. The number of ether oxygens (including phenoxy) is 1. The van der Waals surface area contributed by atoms with Crippen LogP contribution in [0.25, 0.3) is 11.3 Å². The summed E-state index contributed by atoms with van der Waals surface area (Å²) in [5.74, 6) is 1.68. The highest BCUT2D eigenvalue weighted by molar-refractivity contribution is 5.58. The van der Waals surface area contributed by atoms with E-state index in [1.54, 1.807) is 19.5 Å². The van der Waals surface area contributed by atoms with E-state index >= 15 is 0 Å². The predicted octanol–water partition coefficient (Wildman–Crippen LogP) is 2.46. The normalized spacial score (nSPS) is 10.6. The molecule has 0 radical (unpaired) electrons. The van der Waals surface area contributed by atoms with Gasteiger partial charge in [-0.3, -0.25) is 9.67 Å². The summed E-state index contributed by atoms with van der Waals surface area (Å²) in [6.45, 7) is 0.699. The standard InChI is InChI=1S/C17H19N5O/c1-21(2)17-10-18-9-16(20-17)14-8-19-22(12-14)11-13-4-6-15(23-3)7-5-13/h4-10,12H,11H2,1-3H3. The molecule has 3 rings (SSSR count). The number of rotatable bonds is 5. The summed E-state index contributed by atoms with van der Waals surface area (Å²) in [7, 11) is 5.56. The molecule has 0 unspecified atom stereocenters. The van der Waals surface area contributed by atoms with Gasteiger partial charge in [0, 0.05) is 25.9 Å². The van der Waals surface area contributed by atoms with E-state index in [-0.39, 0.29) is 0 Å². The average molecular weight is 309 g/mol. The van der Waals surface area contributed by atoms with Crippen molar-refractivity contribution in [2.24, 2.45) is 0 Å². The highest BCUT2D eigenvalue weighted by Gasteiger charge is 2.07. The molecular weight excluding hydrogens is 290 g/mol. The maximum Gasteiger partial charge on any atom is 0.147 e. The van der Waals surface area contributed by atoms with Gasteiger partial charge in [0.25, 0.3) is 0 Å². The molecule has 0 N–H and O–H groups in total. The van der Waals surface area contributed by atoms with Crippen LogP contribution >= 0.6 is 0 Å². The Morgan fingerprint density at radius 1 is 1.09 bits per heavy atom. The Labute approximate surface area is 135 Å². The van der Waals surface area contributed by atoms with E-state index in [0.717, 1.165) is 28.4 Å². The minimum absolute atomic E-state index is 0.699. The van der Waals surface area contributed by atoms with Crippen molar-refractivity contribution in [1.29, 1.82) is 0 Å². The van der Waals surface area contributed by atoms with Crippen LogP contribution in [0.3, 0.4) is 0 Å². The molecule has 0 aliphatic carbocycles. The summed E-state index contributed by atoms with van der Waals surface area (Å²) < 4.78 is 7.06. The van der Waals surface area contributed by atoms with Gasteiger partial charge in [-0.25, -0.2) is 4.98 Å². The van der Waals surface area contributed by atoms with Crippen molar-refractivity contribution in [3.63, 3.8) is 0 Å². The second-order valence-corrected chi connectivity index (χ2v) is 5.43. The topological polar surface area (TPSA) is 56.1 Å². The monoisotopic (exact) mass is 309 g/mol. The van der Waals surface area contributed by atoms with Crippen LogP contribution in [0.5, 0.6) is 5.75 Å². The minimum atomic E-state index is 0.699. The van der Waals surface area contributed by atoms with Gasteiger partial charge in [0.1, 0.15) is 11.6 Å². The molecule has 118 valence electrons. The lowest BCUT2D eigenvalue weighted by molar-refractivity contribution is 0.414. The Morgan fingerprint density at radius 3 is 2.57 bits per heavy atom. The fourth-order valence-electron chi connectivity index (χ4n) is 2.21. The second-order valence-electron chi connectivity index (χ2n) is 5.43. The van der Waals surface area contributed by atoms with Gasteiger partial charge in [-0.1, -0.05) is 12.1 Å². The maximum atomic E-state index is 5.17. The number of hydrogen-bond donors (Lipinski definition) is 0. The molecule has 0 saturated heterocycles. The summed E-state index contributed by atoms with van der Waals surface area (Å²) in [6.07, 6.45) is 7.29. The van der Waals surface area contributed by atoms with Gasteiger partial charge < -0.3 is 9.64 Å². The Bertz CT molecular complexity index is 780. The van der Waals surface area contributed by atoms with E-state index in [1.165, 1.54) is 0 Å². The zero-order chi connectivity index (χ0) is 16.2. The molecule has 0 saturated carbocycles. The van der Waals surface area contributed by atoms with Crippen molar-refractivity contribution >= 4 is 5.82 Å². The first-order valence-corrected chi connectivity index (χ1v) is 7.31. The van der Waals surface area contributed by atoms with Gasteiger partial charge in [-0.05, 0) is 17.7 Å². The molecule has 6 heteroatoms. The first kappa shape index (κ1) is 15.0. The van der Waals surface area contributed by atoms with Crippen LogP contribution in [0.2, 0.25) is 0 Å². The molecule has 0 amide bonds. The molecule has 2 heterocycles. The van der Waals surface area contributed by atoms with Crippen molar-refractivity contribution in [2.45, 2.75) is 6.54 Å². The van der Waals surface area contributed by atoms with Crippen molar-refractivity contribution in [2.75, 3.05) is 26.1 Å². The molecule has 23 heavy (non-hydrogen) atoms. The number of methoxy groups -OCH3 is 1. The van der Waals surface area contributed by atoms with E-state index in [0.29, 0.717) is 6.54 Å². The van der Waals surface area contributed by atoms with Gasteiger partial charge in [-0.15, -0.1) is 0 Å². The Balaban J connectivity index is 1.78. The van der Waals surface area contributed by atoms with Crippen molar-refractivity contribution in [3.05, 3.63) is 54.6 Å². The molecule has 0 aliphatic rings. The molecule has 0 bridgehead atoms. The van der Waals surface area contributed by atoms with E-state index in [2.05, 4.69) is 15.1 Å². The lowest BCUT2D eigenvalue weighted by Gasteiger charge is -2.10. The van der Waals surface area contributed by atoms with Crippen LogP contribution < -0.4 is 9.64 Å². The van der Waals surface area contributed by atoms with Gasteiger partial charge >= 0.3 is 0 Å². The molecule has 0 spiro atoms. The van der Waals surface area contributed by atoms with E-state index < -0.39 is 0 Å². The summed E-state index contributed by atoms with van der Waals surface area (Å²) >= 11 is 0. The minimum Gasteiger partial charge on any atom is -0.497 e. The van der Waals surface area contributed by atoms with Gasteiger partial charge in [0.05, 0.1) is 37.9 Å². The molecule has 3 aromatic rings. The third-order valence-electron chi connectivity index (χ3n) is 3.51. The van der Waals surface area contributed by atoms with E-state index in [1.807, 2.05) is 60.3 Å². The van der Waals surface area contributed by atoms with Gasteiger partial charge in [-0.2, -0.15) is 5.10 Å². The fourth-order valence-corrected chi connectivity index (χ4v) is 2.21. The van der Waals surface area contributed by atoms with Crippen molar-refractivity contribution in [3.8, 4) is 17.0 Å². The summed E-state index contributed by atoms with van der Waals surface area (Å²) in [4.78, 5) is 10.7. The molecular formula is C17H19N5O. The number of anilines is 1. The van der Waals surface area contributed by atoms with Crippen LogP contribution in [0.15, 0.2) is 49.1 Å². The van der Waals surface area contributed by atoms with Gasteiger partial charge in [0.15, 0.2) is 0 Å². The molecule has 6 nitrogen and oxygen atoms in total. The summed E-state index contributed by atoms with van der Waals surface area (Å²) in [5.41, 5.74) is 2.93. The maximum absolute atomic E-state index is 5.17. The molecule has 0 fully saturated rings. The van der Waals surface area contributed by atoms with E-state index in [9.17, 15) is 0 Å². The Hall–Kier alpha value is -2.89. The largest absolute Gasteiger partial charge is 0.497 e. The molecule has 2 aromatic heterocycles. The van der Waals surface area contributed by atoms with Crippen LogP contribution in [-0.2, 0) is 6.54 Å². The summed E-state index contributed by atoms with van der Waals surface area (Å²) in [6, 6.07) is 7.97. The number of hydrogen-bond acceptors (Lipinski definition) is 5. The Kier molecular flexibility index (Phi) is 4.23. The Morgan fingerprint density at radius 2 is 1.87 bits per heavy atom. The lowest BCUT2D eigenvalue weighted by atomic mass is 10.2. The fraction of sp³-hybridized carbons (Fsp3) is 0.235. The number of nitrogens with zero attached hydrogens (tertiary/aromatic N) is 5. The highest BCUT2D eigenvalue weighted by atomic mass is 16.5. The predicted molar refractivity (Wildman–Crippen MR) is 89.7 cm³/mol. The summed E-state index contributed by atoms with van der Waals surface area (Å²) in [5, 5.41) is 4.41. The quantitative estimate of drug-likeness (QED) is 0.724. The second kappa shape index (κ2) is 6.48. The highest BCUT2D eigenvalue weighted by Crippen LogP contribution is 2.18. The third kappa shape index (κ3) is 3.48. The van der Waals surface area contributed by atoms with Crippen molar-refractivity contribution < 1.29 is 4.74 Å². The van der Waals surface area contributed by atoms with Crippen LogP contribution in [0.1, 0.15) is 5.56 Å². The first-order valence-electron chi connectivity index (χ1n) is 7.31. The number of benzene rings is 1.